The van der Waals surface area contributed by atoms with Gasteiger partial charge in [0.05, 0.1) is 18.2 Å². The Hall–Kier alpha value is -2.77. The number of hydrogen-bond donors (Lipinski definition) is 1. The van der Waals surface area contributed by atoms with Crippen LogP contribution < -0.4 is 5.32 Å². The SMILES string of the molecule is O=C(Cc1ccc(-n2cnnn2)cc1)N1CCNCC1c1ccccc1Cl. The first kappa shape index (κ1) is 17.6. The molecule has 1 N–H and O–H groups in total. The highest BCUT2D eigenvalue weighted by atomic mass is 35.5. The van der Waals surface area contributed by atoms with Crippen molar-refractivity contribution in [2.24, 2.45) is 0 Å². The maximum Gasteiger partial charge on any atom is 0.227 e. The van der Waals surface area contributed by atoms with Crippen LogP contribution in [0.2, 0.25) is 5.02 Å². The van der Waals surface area contributed by atoms with Crippen molar-refractivity contribution in [3.05, 3.63) is 71.0 Å². The second kappa shape index (κ2) is 7.85. The highest BCUT2D eigenvalue weighted by molar-refractivity contribution is 6.31. The van der Waals surface area contributed by atoms with Crippen molar-refractivity contribution in [3.63, 3.8) is 0 Å². The fraction of sp³-hybridized carbons (Fsp3) is 0.263. The van der Waals surface area contributed by atoms with Crippen LogP contribution in [0.3, 0.4) is 0 Å². The minimum absolute atomic E-state index is 0.0551. The molecule has 2 aromatic carbocycles. The molecular weight excluding hydrogens is 364 g/mol. The summed E-state index contributed by atoms with van der Waals surface area (Å²) in [6.07, 6.45) is 1.88. The van der Waals surface area contributed by atoms with Gasteiger partial charge in [0.25, 0.3) is 0 Å². The van der Waals surface area contributed by atoms with E-state index in [2.05, 4.69) is 20.8 Å². The molecule has 0 saturated carbocycles. The summed E-state index contributed by atoms with van der Waals surface area (Å²) in [6.45, 7) is 2.15. The Labute approximate surface area is 161 Å². The quantitative estimate of drug-likeness (QED) is 0.747. The number of aromatic nitrogens is 4. The average molecular weight is 383 g/mol. The molecule has 1 fully saturated rings. The van der Waals surface area contributed by atoms with Gasteiger partial charge >= 0.3 is 0 Å². The zero-order valence-electron chi connectivity index (χ0n) is 14.6. The summed E-state index contributed by atoms with van der Waals surface area (Å²) in [7, 11) is 0. The number of nitrogens with one attached hydrogen (secondary N) is 1. The van der Waals surface area contributed by atoms with Gasteiger partial charge < -0.3 is 10.2 Å². The molecule has 1 aliphatic rings. The minimum Gasteiger partial charge on any atom is -0.333 e. The van der Waals surface area contributed by atoms with Gasteiger partial charge in [-0.15, -0.1) is 5.10 Å². The molecule has 1 atom stereocenters. The van der Waals surface area contributed by atoms with E-state index in [1.54, 1.807) is 4.68 Å². The average Bonchev–Trinajstić information content (AvgIpc) is 3.24. The minimum atomic E-state index is -0.0551. The third kappa shape index (κ3) is 3.84. The van der Waals surface area contributed by atoms with Crippen molar-refractivity contribution in [2.45, 2.75) is 12.5 Å². The van der Waals surface area contributed by atoms with Crippen LogP contribution >= 0.6 is 11.6 Å². The van der Waals surface area contributed by atoms with E-state index in [1.807, 2.05) is 53.4 Å². The van der Waals surface area contributed by atoms with E-state index in [1.165, 1.54) is 6.33 Å². The summed E-state index contributed by atoms with van der Waals surface area (Å²) in [4.78, 5) is 14.9. The first-order valence-electron chi connectivity index (χ1n) is 8.79. The molecule has 8 heteroatoms. The van der Waals surface area contributed by atoms with E-state index in [0.29, 0.717) is 24.5 Å². The number of carbonyl (C=O) groups excluding carboxylic acids is 1. The molecule has 27 heavy (non-hydrogen) atoms. The highest BCUT2D eigenvalue weighted by Crippen LogP contribution is 2.29. The maximum atomic E-state index is 13.0. The highest BCUT2D eigenvalue weighted by Gasteiger charge is 2.29. The number of halogens is 1. The third-order valence-electron chi connectivity index (χ3n) is 4.73. The molecular formula is C19H19ClN6O. The van der Waals surface area contributed by atoms with Crippen LogP contribution in [-0.2, 0) is 11.2 Å². The summed E-state index contributed by atoms with van der Waals surface area (Å²) in [5.74, 6) is 0.0941. The Bertz CT molecular complexity index is 912. The monoisotopic (exact) mass is 382 g/mol. The summed E-state index contributed by atoms with van der Waals surface area (Å²) in [5, 5.41) is 15.2. The fourth-order valence-corrected chi connectivity index (χ4v) is 3.61. The summed E-state index contributed by atoms with van der Waals surface area (Å²) < 4.78 is 1.58. The van der Waals surface area contributed by atoms with E-state index < -0.39 is 0 Å². The lowest BCUT2D eigenvalue weighted by atomic mass is 10.0. The van der Waals surface area contributed by atoms with E-state index in [-0.39, 0.29) is 11.9 Å². The van der Waals surface area contributed by atoms with Crippen LogP contribution in [0.15, 0.2) is 54.9 Å². The molecule has 7 nitrogen and oxygen atoms in total. The van der Waals surface area contributed by atoms with Crippen LogP contribution in [0.4, 0.5) is 0 Å². The van der Waals surface area contributed by atoms with Gasteiger partial charge in [0, 0.05) is 24.7 Å². The number of rotatable bonds is 4. The predicted molar refractivity (Wildman–Crippen MR) is 102 cm³/mol. The van der Waals surface area contributed by atoms with Gasteiger partial charge in [0.1, 0.15) is 6.33 Å². The molecule has 138 valence electrons. The molecule has 1 aromatic heterocycles. The Morgan fingerprint density at radius 2 is 2.00 bits per heavy atom. The Morgan fingerprint density at radius 3 is 2.74 bits per heavy atom. The van der Waals surface area contributed by atoms with Gasteiger partial charge in [-0.1, -0.05) is 41.9 Å². The van der Waals surface area contributed by atoms with E-state index in [0.717, 1.165) is 23.4 Å². The third-order valence-corrected chi connectivity index (χ3v) is 5.08. The van der Waals surface area contributed by atoms with E-state index >= 15 is 0 Å². The summed E-state index contributed by atoms with van der Waals surface area (Å²) in [5.41, 5.74) is 2.79. The van der Waals surface area contributed by atoms with Crippen LogP contribution in [0.25, 0.3) is 5.69 Å². The second-order valence-corrected chi connectivity index (χ2v) is 6.83. The van der Waals surface area contributed by atoms with Crippen molar-refractivity contribution in [3.8, 4) is 5.69 Å². The van der Waals surface area contributed by atoms with Crippen LogP contribution in [0.5, 0.6) is 0 Å². The van der Waals surface area contributed by atoms with E-state index in [4.69, 9.17) is 11.6 Å². The van der Waals surface area contributed by atoms with Gasteiger partial charge in [0.2, 0.25) is 5.91 Å². The lowest BCUT2D eigenvalue weighted by molar-refractivity contribution is -0.133. The van der Waals surface area contributed by atoms with Gasteiger partial charge in [-0.25, -0.2) is 4.68 Å². The Morgan fingerprint density at radius 1 is 1.19 bits per heavy atom. The van der Waals surface area contributed by atoms with Crippen molar-refractivity contribution >= 4 is 17.5 Å². The molecule has 3 aromatic rings. The van der Waals surface area contributed by atoms with Crippen molar-refractivity contribution in [1.29, 1.82) is 0 Å². The van der Waals surface area contributed by atoms with E-state index in [9.17, 15) is 4.79 Å². The van der Waals surface area contributed by atoms with Crippen molar-refractivity contribution < 1.29 is 4.79 Å². The molecule has 0 bridgehead atoms. The zero-order chi connectivity index (χ0) is 18.6. The molecule has 1 aliphatic heterocycles. The Balaban J connectivity index is 1.50. The molecule has 0 aliphatic carbocycles. The largest absolute Gasteiger partial charge is 0.333 e. The fourth-order valence-electron chi connectivity index (χ4n) is 3.35. The van der Waals surface area contributed by atoms with Gasteiger partial charge in [-0.2, -0.15) is 0 Å². The molecule has 1 amide bonds. The standard InChI is InChI=1S/C19H19ClN6O/c20-17-4-2-1-3-16(17)18-12-21-9-10-25(18)19(27)11-14-5-7-15(8-6-14)26-13-22-23-24-26/h1-8,13,18,21H,9-12H2. The smallest absolute Gasteiger partial charge is 0.227 e. The molecule has 1 unspecified atom stereocenters. The topological polar surface area (TPSA) is 75.9 Å². The maximum absolute atomic E-state index is 13.0. The number of piperazine rings is 1. The summed E-state index contributed by atoms with van der Waals surface area (Å²) >= 11 is 6.37. The second-order valence-electron chi connectivity index (χ2n) is 6.43. The molecule has 2 heterocycles. The molecule has 1 saturated heterocycles. The number of hydrogen-bond acceptors (Lipinski definition) is 5. The predicted octanol–water partition coefficient (Wildman–Crippen LogP) is 2.03. The first-order chi connectivity index (χ1) is 13.2. The van der Waals surface area contributed by atoms with Gasteiger partial charge in [0.15, 0.2) is 0 Å². The first-order valence-corrected chi connectivity index (χ1v) is 9.17. The summed E-state index contributed by atoms with van der Waals surface area (Å²) in [6, 6.07) is 15.3. The number of carbonyl (C=O) groups is 1. The lowest BCUT2D eigenvalue weighted by Crippen LogP contribution is -2.49. The number of tetrazole rings is 1. The van der Waals surface area contributed by atoms with Crippen LogP contribution in [-0.4, -0.2) is 50.6 Å². The lowest BCUT2D eigenvalue weighted by Gasteiger charge is -2.37. The zero-order valence-corrected chi connectivity index (χ0v) is 15.4. The molecule has 0 radical (unpaired) electrons. The van der Waals surface area contributed by atoms with Crippen LogP contribution in [0.1, 0.15) is 17.2 Å². The Kier molecular flexibility index (Phi) is 5.13. The normalized spacial score (nSPS) is 17.1. The molecule has 0 spiro atoms. The van der Waals surface area contributed by atoms with Crippen LogP contribution in [0, 0.1) is 0 Å². The van der Waals surface area contributed by atoms with Gasteiger partial charge in [-0.05, 0) is 39.8 Å². The van der Waals surface area contributed by atoms with Gasteiger partial charge in [-0.3, -0.25) is 4.79 Å². The van der Waals surface area contributed by atoms with Crippen molar-refractivity contribution in [1.82, 2.24) is 30.4 Å². The number of amides is 1. The molecule has 4 rings (SSSR count). The van der Waals surface area contributed by atoms with Crippen molar-refractivity contribution in [2.75, 3.05) is 19.6 Å². The number of benzene rings is 2. The number of nitrogens with zero attached hydrogens (tertiary/aromatic N) is 5.